The molecule has 1 amide bonds. The summed E-state index contributed by atoms with van der Waals surface area (Å²) < 4.78 is 33.4. The van der Waals surface area contributed by atoms with E-state index in [1.807, 2.05) is 11.4 Å². The number of hydrogen-bond donors (Lipinski definition) is 0. The molecule has 0 unspecified atom stereocenters. The van der Waals surface area contributed by atoms with Gasteiger partial charge in [-0.25, -0.2) is 0 Å². The van der Waals surface area contributed by atoms with E-state index >= 15 is 0 Å². The quantitative estimate of drug-likeness (QED) is 0.576. The summed E-state index contributed by atoms with van der Waals surface area (Å²) in [7, 11) is -3.67. The highest BCUT2D eigenvalue weighted by Crippen LogP contribution is 2.24. The average molecular weight is 391 g/mol. The molecule has 3 rings (SSSR count). The minimum atomic E-state index is -3.67. The molecule has 136 valence electrons. The number of nitrogens with zero attached hydrogens (tertiary/aromatic N) is 1. The molecule has 1 aromatic carbocycles. The van der Waals surface area contributed by atoms with E-state index in [1.54, 1.807) is 53.6 Å². The molecule has 0 N–H and O–H groups in total. The van der Waals surface area contributed by atoms with E-state index < -0.39 is 10.1 Å². The van der Waals surface area contributed by atoms with Crippen molar-refractivity contribution in [2.24, 2.45) is 0 Å². The first-order valence-electron chi connectivity index (χ1n) is 7.75. The van der Waals surface area contributed by atoms with Crippen LogP contribution in [-0.2, 0) is 23.2 Å². The fraction of sp³-hybridized carbons (Fsp3) is 0.167. The standard InChI is InChI=1S/C18H17NO5S2/c1-26(21,22)24-16-8-3-2-6-14(16)12-19(13-15-7-4-10-23-15)18(20)17-9-5-11-25-17/h2-11H,12-13H2,1H3. The van der Waals surface area contributed by atoms with Gasteiger partial charge >= 0.3 is 10.1 Å². The molecule has 0 saturated heterocycles. The summed E-state index contributed by atoms with van der Waals surface area (Å²) in [5.74, 6) is 0.681. The largest absolute Gasteiger partial charge is 0.467 e. The summed E-state index contributed by atoms with van der Waals surface area (Å²) in [6, 6.07) is 13.9. The zero-order valence-electron chi connectivity index (χ0n) is 14.0. The predicted octanol–water partition coefficient (Wildman–Crippen LogP) is 3.52. The Kier molecular flexibility index (Phi) is 5.43. The lowest BCUT2D eigenvalue weighted by Crippen LogP contribution is -2.29. The molecule has 0 saturated carbocycles. The van der Waals surface area contributed by atoms with Gasteiger partial charge in [-0.1, -0.05) is 24.3 Å². The van der Waals surface area contributed by atoms with Crippen LogP contribution in [0.5, 0.6) is 5.75 Å². The normalized spacial score (nSPS) is 11.3. The van der Waals surface area contributed by atoms with E-state index in [0.29, 0.717) is 16.2 Å². The van der Waals surface area contributed by atoms with Crippen LogP contribution in [0.3, 0.4) is 0 Å². The molecule has 0 aliphatic carbocycles. The molecule has 0 aliphatic heterocycles. The van der Waals surface area contributed by atoms with Crippen molar-refractivity contribution >= 4 is 27.4 Å². The minimum absolute atomic E-state index is 0.162. The molecule has 0 radical (unpaired) electrons. The van der Waals surface area contributed by atoms with Gasteiger partial charge in [0.05, 0.1) is 30.5 Å². The van der Waals surface area contributed by atoms with Crippen LogP contribution >= 0.6 is 11.3 Å². The molecule has 0 aliphatic rings. The molecule has 0 fully saturated rings. The van der Waals surface area contributed by atoms with Crippen LogP contribution < -0.4 is 4.18 Å². The Hall–Kier alpha value is -2.58. The molecule has 0 bridgehead atoms. The number of thiophene rings is 1. The van der Waals surface area contributed by atoms with Crippen LogP contribution in [0.4, 0.5) is 0 Å². The second kappa shape index (κ2) is 7.76. The van der Waals surface area contributed by atoms with Crippen LogP contribution in [0.25, 0.3) is 0 Å². The first kappa shape index (κ1) is 18.2. The van der Waals surface area contributed by atoms with Crippen LogP contribution in [0.2, 0.25) is 0 Å². The second-order valence-electron chi connectivity index (χ2n) is 5.61. The number of carbonyl (C=O) groups is 1. The number of furan rings is 1. The molecule has 0 atom stereocenters. The predicted molar refractivity (Wildman–Crippen MR) is 98.5 cm³/mol. The summed E-state index contributed by atoms with van der Waals surface area (Å²) in [5, 5.41) is 1.83. The second-order valence-corrected chi connectivity index (χ2v) is 8.14. The third kappa shape index (κ3) is 4.74. The summed E-state index contributed by atoms with van der Waals surface area (Å²) >= 11 is 1.35. The highest BCUT2D eigenvalue weighted by atomic mass is 32.2. The molecule has 3 aromatic rings. The van der Waals surface area contributed by atoms with Gasteiger partial charge in [0.2, 0.25) is 0 Å². The highest BCUT2D eigenvalue weighted by Gasteiger charge is 2.21. The van der Waals surface area contributed by atoms with E-state index in [1.165, 1.54) is 11.3 Å². The van der Waals surface area contributed by atoms with Gasteiger partial charge in [-0.05, 0) is 29.6 Å². The van der Waals surface area contributed by atoms with Gasteiger partial charge in [-0.3, -0.25) is 4.79 Å². The fourth-order valence-electron chi connectivity index (χ4n) is 2.43. The van der Waals surface area contributed by atoms with Crippen molar-refractivity contribution in [3.63, 3.8) is 0 Å². The van der Waals surface area contributed by atoms with E-state index in [0.717, 1.165) is 6.26 Å². The molecular formula is C18H17NO5S2. The summed E-state index contributed by atoms with van der Waals surface area (Å²) in [5.41, 5.74) is 0.592. The monoisotopic (exact) mass is 391 g/mol. The third-order valence-electron chi connectivity index (χ3n) is 3.52. The number of rotatable bonds is 7. The van der Waals surface area contributed by atoms with Crippen LogP contribution in [-0.4, -0.2) is 25.5 Å². The van der Waals surface area contributed by atoms with Gasteiger partial charge in [0.25, 0.3) is 5.91 Å². The Morgan fingerprint density at radius 1 is 1.12 bits per heavy atom. The smallest absolute Gasteiger partial charge is 0.306 e. The van der Waals surface area contributed by atoms with Crippen molar-refractivity contribution in [3.8, 4) is 5.75 Å². The maximum Gasteiger partial charge on any atom is 0.306 e. The Balaban J connectivity index is 1.89. The van der Waals surface area contributed by atoms with Gasteiger partial charge in [0.15, 0.2) is 0 Å². The van der Waals surface area contributed by atoms with Crippen molar-refractivity contribution in [1.82, 2.24) is 4.90 Å². The average Bonchev–Trinajstić information content (AvgIpc) is 3.27. The zero-order valence-corrected chi connectivity index (χ0v) is 15.6. The first-order chi connectivity index (χ1) is 12.4. The number of carbonyl (C=O) groups excluding carboxylic acids is 1. The molecular weight excluding hydrogens is 374 g/mol. The molecule has 2 heterocycles. The van der Waals surface area contributed by atoms with Crippen LogP contribution in [0.1, 0.15) is 21.0 Å². The zero-order chi connectivity index (χ0) is 18.6. The Labute approximate surface area is 155 Å². The molecule has 26 heavy (non-hydrogen) atoms. The van der Waals surface area contributed by atoms with E-state index in [9.17, 15) is 13.2 Å². The van der Waals surface area contributed by atoms with Crippen molar-refractivity contribution in [1.29, 1.82) is 0 Å². The van der Waals surface area contributed by atoms with Gasteiger partial charge < -0.3 is 13.5 Å². The number of benzene rings is 1. The fourth-order valence-corrected chi connectivity index (χ4v) is 3.61. The molecule has 2 aromatic heterocycles. The van der Waals surface area contributed by atoms with Gasteiger partial charge in [0.1, 0.15) is 11.5 Å². The number of para-hydroxylation sites is 1. The highest BCUT2D eigenvalue weighted by molar-refractivity contribution is 7.86. The summed E-state index contributed by atoms with van der Waals surface area (Å²) in [6.45, 7) is 0.445. The first-order valence-corrected chi connectivity index (χ1v) is 10.4. The van der Waals surface area contributed by atoms with E-state index in [4.69, 9.17) is 8.60 Å². The summed E-state index contributed by atoms with van der Waals surface area (Å²) in [4.78, 5) is 15.1. The van der Waals surface area contributed by atoms with Crippen molar-refractivity contribution in [3.05, 3.63) is 76.4 Å². The Morgan fingerprint density at radius 3 is 2.58 bits per heavy atom. The van der Waals surface area contributed by atoms with Crippen LogP contribution in [0.15, 0.2) is 64.6 Å². The number of amides is 1. The van der Waals surface area contributed by atoms with Crippen molar-refractivity contribution < 1.29 is 21.8 Å². The van der Waals surface area contributed by atoms with E-state index in [2.05, 4.69) is 0 Å². The minimum Gasteiger partial charge on any atom is -0.467 e. The van der Waals surface area contributed by atoms with Gasteiger partial charge in [0, 0.05) is 5.56 Å². The van der Waals surface area contributed by atoms with Gasteiger partial charge in [-0.15, -0.1) is 11.3 Å². The Bertz CT molecular complexity index is 963. The lowest BCUT2D eigenvalue weighted by atomic mass is 10.2. The number of hydrogen-bond acceptors (Lipinski definition) is 6. The van der Waals surface area contributed by atoms with Gasteiger partial charge in [-0.2, -0.15) is 8.42 Å². The van der Waals surface area contributed by atoms with Crippen LogP contribution in [0, 0.1) is 0 Å². The maximum absolute atomic E-state index is 12.9. The van der Waals surface area contributed by atoms with Crippen molar-refractivity contribution in [2.75, 3.05) is 6.26 Å². The third-order valence-corrected chi connectivity index (χ3v) is 4.86. The topological polar surface area (TPSA) is 76.8 Å². The van der Waals surface area contributed by atoms with Crippen molar-refractivity contribution in [2.45, 2.75) is 13.1 Å². The molecule has 6 nitrogen and oxygen atoms in total. The maximum atomic E-state index is 12.9. The lowest BCUT2D eigenvalue weighted by Gasteiger charge is -2.22. The molecule has 8 heteroatoms. The lowest BCUT2D eigenvalue weighted by molar-refractivity contribution is 0.0722. The summed E-state index contributed by atoms with van der Waals surface area (Å²) in [6.07, 6.45) is 2.53. The van der Waals surface area contributed by atoms with E-state index in [-0.39, 0.29) is 24.7 Å². The Morgan fingerprint density at radius 2 is 1.92 bits per heavy atom. The molecule has 0 spiro atoms. The SMILES string of the molecule is CS(=O)(=O)Oc1ccccc1CN(Cc1ccco1)C(=O)c1cccs1.